The molecular formula is C17H33NO. The van der Waals surface area contributed by atoms with Crippen molar-refractivity contribution in [1.29, 1.82) is 0 Å². The molecule has 2 fully saturated rings. The van der Waals surface area contributed by atoms with Gasteiger partial charge in [0.2, 0.25) is 0 Å². The minimum Gasteiger partial charge on any atom is -0.393 e. The zero-order chi connectivity index (χ0) is 13.7. The fraction of sp³-hybridized carbons (Fsp3) is 1.00. The Kier molecular flexibility index (Phi) is 6.15. The van der Waals surface area contributed by atoms with Crippen LogP contribution in [0.1, 0.15) is 71.6 Å². The summed E-state index contributed by atoms with van der Waals surface area (Å²) in [4.78, 5) is 2.73. The van der Waals surface area contributed by atoms with Crippen molar-refractivity contribution in [2.45, 2.75) is 83.8 Å². The van der Waals surface area contributed by atoms with E-state index < -0.39 is 0 Å². The van der Waals surface area contributed by atoms with Crippen molar-refractivity contribution in [1.82, 2.24) is 4.90 Å². The Bertz CT molecular complexity index is 256. The largest absolute Gasteiger partial charge is 0.393 e. The smallest absolute Gasteiger partial charge is 0.0583 e. The Labute approximate surface area is 119 Å². The van der Waals surface area contributed by atoms with Crippen molar-refractivity contribution >= 4 is 0 Å². The van der Waals surface area contributed by atoms with Crippen molar-refractivity contribution in [3.63, 3.8) is 0 Å². The second-order valence-corrected chi connectivity index (χ2v) is 6.78. The zero-order valence-corrected chi connectivity index (χ0v) is 13.0. The molecule has 1 aliphatic heterocycles. The fourth-order valence-corrected chi connectivity index (χ4v) is 4.23. The van der Waals surface area contributed by atoms with E-state index in [1.54, 1.807) is 0 Å². The van der Waals surface area contributed by atoms with Crippen LogP contribution in [-0.4, -0.2) is 35.2 Å². The van der Waals surface area contributed by atoms with Gasteiger partial charge in [0.1, 0.15) is 0 Å². The van der Waals surface area contributed by atoms with Crippen molar-refractivity contribution in [3.05, 3.63) is 0 Å². The Hall–Kier alpha value is -0.0800. The summed E-state index contributed by atoms with van der Waals surface area (Å²) in [6, 6.07) is 0.688. The third kappa shape index (κ3) is 3.95. The third-order valence-corrected chi connectivity index (χ3v) is 5.48. The molecule has 2 rings (SSSR count). The van der Waals surface area contributed by atoms with E-state index in [9.17, 15) is 5.11 Å². The first-order chi connectivity index (χ1) is 9.26. The number of hydrogen-bond acceptors (Lipinski definition) is 2. The Morgan fingerprint density at radius 2 is 2.00 bits per heavy atom. The molecule has 4 atom stereocenters. The zero-order valence-electron chi connectivity index (χ0n) is 13.0. The normalized spacial score (nSPS) is 33.9. The molecule has 4 unspecified atom stereocenters. The molecule has 1 heterocycles. The molecule has 2 nitrogen and oxygen atoms in total. The Morgan fingerprint density at radius 3 is 2.63 bits per heavy atom. The molecule has 1 aliphatic carbocycles. The van der Waals surface area contributed by atoms with E-state index in [2.05, 4.69) is 18.7 Å². The minimum absolute atomic E-state index is 0.0127. The van der Waals surface area contributed by atoms with Crippen LogP contribution in [-0.2, 0) is 0 Å². The molecule has 2 heteroatoms. The van der Waals surface area contributed by atoms with Gasteiger partial charge in [-0.2, -0.15) is 0 Å². The number of unbranched alkanes of at least 4 members (excludes halogenated alkanes) is 1. The van der Waals surface area contributed by atoms with Gasteiger partial charge in [0.25, 0.3) is 0 Å². The van der Waals surface area contributed by atoms with Crippen LogP contribution in [0, 0.1) is 11.8 Å². The highest BCUT2D eigenvalue weighted by molar-refractivity contribution is 4.92. The quantitative estimate of drug-likeness (QED) is 0.758. The lowest BCUT2D eigenvalue weighted by atomic mass is 9.92. The van der Waals surface area contributed by atoms with Crippen LogP contribution in [0.2, 0.25) is 0 Å². The lowest BCUT2D eigenvalue weighted by Crippen LogP contribution is -2.41. The van der Waals surface area contributed by atoms with Gasteiger partial charge in [0, 0.05) is 18.5 Å². The Morgan fingerprint density at radius 1 is 1.16 bits per heavy atom. The predicted molar refractivity (Wildman–Crippen MR) is 81.2 cm³/mol. The standard InChI is InChI=1S/C17H33NO/c1-3-5-8-14(4-2)13-18-12-7-10-16(18)15-9-6-11-17(15)19/h14-17,19H,3-13H2,1-2H3. The first kappa shape index (κ1) is 15.3. The number of rotatable bonds is 7. The Balaban J connectivity index is 1.87. The molecule has 0 spiro atoms. The van der Waals surface area contributed by atoms with Crippen LogP contribution < -0.4 is 0 Å². The van der Waals surface area contributed by atoms with Gasteiger partial charge in [-0.05, 0) is 44.6 Å². The second-order valence-electron chi connectivity index (χ2n) is 6.78. The summed E-state index contributed by atoms with van der Waals surface area (Å²) in [6.45, 7) is 7.19. The maximum atomic E-state index is 10.2. The lowest BCUT2D eigenvalue weighted by Gasteiger charge is -2.33. The van der Waals surface area contributed by atoms with E-state index >= 15 is 0 Å². The van der Waals surface area contributed by atoms with Gasteiger partial charge in [-0.1, -0.05) is 39.5 Å². The van der Waals surface area contributed by atoms with Gasteiger partial charge in [0.15, 0.2) is 0 Å². The highest BCUT2D eigenvalue weighted by Gasteiger charge is 2.38. The number of aliphatic hydroxyl groups is 1. The summed E-state index contributed by atoms with van der Waals surface area (Å²) in [6.07, 6.45) is 11.6. The van der Waals surface area contributed by atoms with Gasteiger partial charge in [-0.15, -0.1) is 0 Å². The van der Waals surface area contributed by atoms with Gasteiger partial charge < -0.3 is 5.11 Å². The highest BCUT2D eigenvalue weighted by Crippen LogP contribution is 2.36. The van der Waals surface area contributed by atoms with E-state index in [4.69, 9.17) is 0 Å². The summed E-state index contributed by atoms with van der Waals surface area (Å²) in [5.74, 6) is 1.45. The predicted octanol–water partition coefficient (Wildman–Crippen LogP) is 3.83. The molecule has 2 aliphatic rings. The topological polar surface area (TPSA) is 23.5 Å². The van der Waals surface area contributed by atoms with E-state index in [0.29, 0.717) is 12.0 Å². The van der Waals surface area contributed by atoms with E-state index in [1.165, 1.54) is 64.5 Å². The number of aliphatic hydroxyl groups excluding tert-OH is 1. The molecule has 0 radical (unpaired) electrons. The molecule has 0 amide bonds. The van der Waals surface area contributed by atoms with Crippen LogP contribution >= 0.6 is 0 Å². The number of hydrogen-bond donors (Lipinski definition) is 1. The molecule has 0 aromatic heterocycles. The molecule has 19 heavy (non-hydrogen) atoms. The maximum Gasteiger partial charge on any atom is 0.0583 e. The summed E-state index contributed by atoms with van der Waals surface area (Å²) >= 11 is 0. The summed E-state index contributed by atoms with van der Waals surface area (Å²) in [5, 5.41) is 10.2. The molecule has 1 saturated carbocycles. The highest BCUT2D eigenvalue weighted by atomic mass is 16.3. The van der Waals surface area contributed by atoms with Crippen LogP contribution in [0.4, 0.5) is 0 Å². The van der Waals surface area contributed by atoms with E-state index in [-0.39, 0.29) is 6.10 Å². The molecule has 0 aromatic rings. The SMILES string of the molecule is CCCCC(CC)CN1CCCC1C1CCCC1O. The minimum atomic E-state index is -0.0127. The second kappa shape index (κ2) is 7.64. The van der Waals surface area contributed by atoms with Crippen LogP contribution in [0.15, 0.2) is 0 Å². The lowest BCUT2D eigenvalue weighted by molar-refractivity contribution is 0.0671. The summed E-state index contributed by atoms with van der Waals surface area (Å²) < 4.78 is 0. The van der Waals surface area contributed by atoms with Crippen LogP contribution in [0.3, 0.4) is 0 Å². The van der Waals surface area contributed by atoms with Crippen LogP contribution in [0.25, 0.3) is 0 Å². The van der Waals surface area contributed by atoms with E-state index in [0.717, 1.165) is 12.3 Å². The van der Waals surface area contributed by atoms with Crippen molar-refractivity contribution in [2.75, 3.05) is 13.1 Å². The average molecular weight is 267 g/mol. The molecule has 1 saturated heterocycles. The summed E-state index contributed by atoms with van der Waals surface area (Å²) in [7, 11) is 0. The molecule has 1 N–H and O–H groups in total. The molecule has 112 valence electrons. The average Bonchev–Trinajstić information content (AvgIpc) is 3.02. The van der Waals surface area contributed by atoms with Gasteiger partial charge in [-0.25, -0.2) is 0 Å². The van der Waals surface area contributed by atoms with Gasteiger partial charge >= 0.3 is 0 Å². The van der Waals surface area contributed by atoms with Crippen molar-refractivity contribution in [3.8, 4) is 0 Å². The maximum absolute atomic E-state index is 10.2. The van der Waals surface area contributed by atoms with Gasteiger partial charge in [0.05, 0.1) is 6.10 Å². The van der Waals surface area contributed by atoms with Crippen molar-refractivity contribution in [2.24, 2.45) is 11.8 Å². The molecule has 0 bridgehead atoms. The summed E-state index contributed by atoms with van der Waals surface area (Å²) in [5.41, 5.74) is 0. The molecular weight excluding hydrogens is 234 g/mol. The van der Waals surface area contributed by atoms with E-state index in [1.807, 2.05) is 0 Å². The monoisotopic (exact) mass is 267 g/mol. The van der Waals surface area contributed by atoms with Crippen molar-refractivity contribution < 1.29 is 5.11 Å². The van der Waals surface area contributed by atoms with Gasteiger partial charge in [-0.3, -0.25) is 4.90 Å². The number of nitrogens with zero attached hydrogens (tertiary/aromatic N) is 1. The molecule has 0 aromatic carbocycles. The fourth-order valence-electron chi connectivity index (χ4n) is 4.23. The first-order valence-electron chi connectivity index (χ1n) is 8.68. The number of likely N-dealkylation sites (tertiary alicyclic amines) is 1. The van der Waals surface area contributed by atoms with Crippen LogP contribution in [0.5, 0.6) is 0 Å². The third-order valence-electron chi connectivity index (χ3n) is 5.48. The first-order valence-corrected chi connectivity index (χ1v) is 8.68.